The van der Waals surface area contributed by atoms with Crippen LogP contribution in [0.25, 0.3) is 0 Å². The zero-order valence-electron chi connectivity index (χ0n) is 18.7. The van der Waals surface area contributed by atoms with Crippen LogP contribution in [0.15, 0.2) is 48.1 Å². The molecule has 4 N–H and O–H groups in total. The van der Waals surface area contributed by atoms with Crippen molar-refractivity contribution in [1.29, 1.82) is 0 Å². The van der Waals surface area contributed by atoms with E-state index in [4.69, 9.17) is 4.89 Å². The van der Waals surface area contributed by atoms with Gasteiger partial charge in [-0.25, -0.2) is 4.89 Å². The first-order chi connectivity index (χ1) is 14.3. The highest BCUT2D eigenvalue weighted by Crippen LogP contribution is 2.32. The van der Waals surface area contributed by atoms with Crippen LogP contribution in [0.1, 0.15) is 57.6 Å². The second-order valence-electron chi connectivity index (χ2n) is 8.34. The summed E-state index contributed by atoms with van der Waals surface area (Å²) in [6.07, 6.45) is 15.8. The zero-order valence-corrected chi connectivity index (χ0v) is 18.7. The fourth-order valence-electron chi connectivity index (χ4n) is 3.92. The molecule has 0 heterocycles. The Hall–Kier alpha value is -2.08. The van der Waals surface area contributed by atoms with Gasteiger partial charge in [-0.1, -0.05) is 51.0 Å². The maximum absolute atomic E-state index is 9.75. The van der Waals surface area contributed by atoms with Gasteiger partial charge in [-0.2, -0.15) is 0 Å². The summed E-state index contributed by atoms with van der Waals surface area (Å²) in [4.78, 5) is 4.95. The highest BCUT2D eigenvalue weighted by Gasteiger charge is 2.35. The predicted octanol–water partition coefficient (Wildman–Crippen LogP) is 5.42. The van der Waals surface area contributed by atoms with E-state index in [0.29, 0.717) is 18.9 Å². The number of hydrogen-bond acceptors (Lipinski definition) is 5. The van der Waals surface area contributed by atoms with Crippen molar-refractivity contribution in [3.63, 3.8) is 0 Å². The average molecular weight is 416 g/mol. The van der Waals surface area contributed by atoms with Gasteiger partial charge in [0, 0.05) is 5.92 Å². The van der Waals surface area contributed by atoms with Crippen LogP contribution in [0.2, 0.25) is 0 Å². The fraction of sp³-hybridized carbons (Fsp3) is 0.520. The molecule has 0 spiro atoms. The number of aryl methyl sites for hydroxylation is 1. The molecule has 0 radical (unpaired) electrons. The molecule has 1 aliphatic rings. The predicted molar refractivity (Wildman–Crippen MR) is 122 cm³/mol. The van der Waals surface area contributed by atoms with Crippen LogP contribution < -0.4 is 5.32 Å². The molecule has 1 aromatic rings. The van der Waals surface area contributed by atoms with E-state index in [1.165, 1.54) is 0 Å². The smallest absolute Gasteiger partial charge is 0.157 e. The average Bonchev–Trinajstić information content (AvgIpc) is 2.72. The molecule has 3 atom stereocenters. The van der Waals surface area contributed by atoms with Crippen molar-refractivity contribution >= 4 is 0 Å². The van der Waals surface area contributed by atoms with E-state index < -0.39 is 5.60 Å². The molecular formula is C25H37NO4. The van der Waals surface area contributed by atoms with E-state index in [9.17, 15) is 15.5 Å². The Morgan fingerprint density at radius 2 is 1.93 bits per heavy atom. The number of hydrogen-bond donors (Lipinski definition) is 4. The monoisotopic (exact) mass is 415 g/mol. The number of unbranched alkanes of at least 4 members (excludes halogenated alkanes) is 1. The molecule has 0 aromatic heterocycles. The molecular weight excluding hydrogens is 378 g/mol. The third-order valence-electron chi connectivity index (χ3n) is 5.79. The van der Waals surface area contributed by atoms with Crippen LogP contribution >= 0.6 is 0 Å². The SMILES string of the molecule is CCC/C=C\C(CCC)C1=C[C@](C)(OO)C(NCCc2cc(O)c(O)cc2C)C=C1. The number of allylic oxidation sites excluding steroid dienone is 4. The first-order valence-electron chi connectivity index (χ1n) is 11.0. The number of phenolic OH excluding ortho intramolecular Hbond substituents is 2. The minimum absolute atomic E-state index is 0.104. The molecule has 5 nitrogen and oxygen atoms in total. The van der Waals surface area contributed by atoms with E-state index >= 15 is 0 Å². The normalized spacial score (nSPS) is 22.4. The Morgan fingerprint density at radius 1 is 1.20 bits per heavy atom. The van der Waals surface area contributed by atoms with Crippen molar-refractivity contribution in [3.8, 4) is 11.5 Å². The van der Waals surface area contributed by atoms with E-state index in [1.807, 2.05) is 19.9 Å². The van der Waals surface area contributed by atoms with Crippen molar-refractivity contribution in [2.24, 2.45) is 5.92 Å². The van der Waals surface area contributed by atoms with Crippen LogP contribution in [-0.2, 0) is 11.3 Å². The summed E-state index contributed by atoms with van der Waals surface area (Å²) in [7, 11) is 0. The Bertz CT molecular complexity index is 784. The number of aromatic hydroxyl groups is 2. The van der Waals surface area contributed by atoms with Gasteiger partial charge >= 0.3 is 0 Å². The molecule has 1 aliphatic carbocycles. The van der Waals surface area contributed by atoms with Crippen LogP contribution in [-0.4, -0.2) is 33.7 Å². The van der Waals surface area contributed by atoms with Gasteiger partial charge in [-0.15, -0.1) is 0 Å². The van der Waals surface area contributed by atoms with Gasteiger partial charge in [-0.05, 0) is 74.6 Å². The number of rotatable bonds is 11. The Morgan fingerprint density at radius 3 is 2.60 bits per heavy atom. The molecule has 1 aromatic carbocycles. The van der Waals surface area contributed by atoms with Crippen LogP contribution in [0.5, 0.6) is 11.5 Å². The van der Waals surface area contributed by atoms with Gasteiger partial charge in [-0.3, -0.25) is 5.26 Å². The van der Waals surface area contributed by atoms with E-state index in [2.05, 4.69) is 43.5 Å². The molecule has 0 saturated carbocycles. The molecule has 166 valence electrons. The minimum atomic E-state index is -0.860. The summed E-state index contributed by atoms with van der Waals surface area (Å²) in [6, 6.07) is 2.99. The molecule has 0 amide bonds. The fourth-order valence-corrected chi connectivity index (χ4v) is 3.92. The minimum Gasteiger partial charge on any atom is -0.504 e. The number of nitrogens with one attached hydrogen (secondary N) is 1. The molecule has 2 rings (SSSR count). The van der Waals surface area contributed by atoms with Crippen LogP contribution in [0.4, 0.5) is 0 Å². The maximum atomic E-state index is 9.75. The summed E-state index contributed by atoms with van der Waals surface area (Å²) in [5.41, 5.74) is 2.19. The Labute approximate surface area is 180 Å². The molecule has 5 heteroatoms. The highest BCUT2D eigenvalue weighted by atomic mass is 17.1. The standard InChI is InChI=1S/C25H37NO4/c1-5-7-8-10-19(9-6-2)21-11-12-24(25(4,17-21)30-29)26-14-13-20-16-23(28)22(27)15-18(20)3/h8,10-12,15-17,19,24,26-29H,5-7,9,13-14H2,1-4H3/b10-8-/t19?,24?,25-/m0/s1. The summed E-state index contributed by atoms with van der Waals surface area (Å²) in [5, 5.41) is 32.5. The second kappa shape index (κ2) is 11.3. The van der Waals surface area contributed by atoms with Crippen molar-refractivity contribution in [2.45, 2.75) is 71.4 Å². The van der Waals surface area contributed by atoms with Crippen molar-refractivity contribution in [1.82, 2.24) is 5.32 Å². The lowest BCUT2D eigenvalue weighted by Gasteiger charge is -2.35. The van der Waals surface area contributed by atoms with Gasteiger partial charge in [0.05, 0.1) is 6.04 Å². The van der Waals surface area contributed by atoms with Crippen molar-refractivity contribution < 1.29 is 20.4 Å². The lowest BCUT2D eigenvalue weighted by Crippen LogP contribution is -2.50. The van der Waals surface area contributed by atoms with Crippen molar-refractivity contribution in [3.05, 3.63) is 59.2 Å². The first kappa shape index (κ1) is 24.2. The summed E-state index contributed by atoms with van der Waals surface area (Å²) in [5.74, 6) is 0.103. The number of benzene rings is 1. The molecule has 2 unspecified atom stereocenters. The quantitative estimate of drug-likeness (QED) is 0.168. The van der Waals surface area contributed by atoms with Gasteiger partial charge in [0.2, 0.25) is 0 Å². The second-order valence-corrected chi connectivity index (χ2v) is 8.34. The lowest BCUT2D eigenvalue weighted by atomic mass is 9.82. The highest BCUT2D eigenvalue weighted by molar-refractivity contribution is 5.45. The molecule has 30 heavy (non-hydrogen) atoms. The maximum Gasteiger partial charge on any atom is 0.157 e. The first-order valence-corrected chi connectivity index (χ1v) is 11.0. The van der Waals surface area contributed by atoms with Crippen LogP contribution in [0.3, 0.4) is 0 Å². The van der Waals surface area contributed by atoms with Gasteiger partial charge < -0.3 is 15.5 Å². The summed E-state index contributed by atoms with van der Waals surface area (Å²) < 4.78 is 0. The third-order valence-corrected chi connectivity index (χ3v) is 5.79. The van der Waals surface area contributed by atoms with Crippen molar-refractivity contribution in [2.75, 3.05) is 6.54 Å². The van der Waals surface area contributed by atoms with E-state index in [0.717, 1.165) is 42.4 Å². The van der Waals surface area contributed by atoms with E-state index in [1.54, 1.807) is 12.1 Å². The lowest BCUT2D eigenvalue weighted by molar-refractivity contribution is -0.306. The molecule has 0 fully saturated rings. The van der Waals surface area contributed by atoms with Crippen LogP contribution in [0, 0.1) is 12.8 Å². The Balaban J connectivity index is 2.07. The topological polar surface area (TPSA) is 82.0 Å². The zero-order chi connectivity index (χ0) is 22.1. The van der Waals surface area contributed by atoms with Gasteiger partial charge in [0.1, 0.15) is 5.60 Å². The molecule has 0 bridgehead atoms. The molecule has 0 saturated heterocycles. The summed E-state index contributed by atoms with van der Waals surface area (Å²) >= 11 is 0. The third kappa shape index (κ3) is 6.21. The van der Waals surface area contributed by atoms with Gasteiger partial charge in [0.15, 0.2) is 11.5 Å². The Kier molecular flexibility index (Phi) is 9.15. The van der Waals surface area contributed by atoms with E-state index in [-0.39, 0.29) is 17.5 Å². The number of phenols is 2. The largest absolute Gasteiger partial charge is 0.504 e. The molecule has 0 aliphatic heterocycles. The van der Waals surface area contributed by atoms with Gasteiger partial charge in [0.25, 0.3) is 0 Å². The summed E-state index contributed by atoms with van der Waals surface area (Å²) in [6.45, 7) is 8.78.